The van der Waals surface area contributed by atoms with Crippen molar-refractivity contribution >= 4 is 11.7 Å². The van der Waals surface area contributed by atoms with E-state index < -0.39 is 0 Å². The molecule has 2 heterocycles. The lowest BCUT2D eigenvalue weighted by atomic mass is 9.78. The average Bonchev–Trinajstić information content (AvgIpc) is 2.46. The van der Waals surface area contributed by atoms with Gasteiger partial charge in [0.25, 0.3) is 0 Å². The molecule has 2 aliphatic rings. The second-order valence-corrected chi connectivity index (χ2v) is 5.59. The summed E-state index contributed by atoms with van der Waals surface area (Å²) in [7, 11) is 0. The summed E-state index contributed by atoms with van der Waals surface area (Å²) < 4.78 is 0. The Kier molecular flexibility index (Phi) is 3.36. The van der Waals surface area contributed by atoms with E-state index in [4.69, 9.17) is 11.1 Å². The van der Waals surface area contributed by atoms with Crippen LogP contribution in [0.1, 0.15) is 44.2 Å². The molecule has 2 atom stereocenters. The number of hydrogen-bond acceptors (Lipinski definition) is 4. The van der Waals surface area contributed by atoms with Gasteiger partial charge in [0.15, 0.2) is 5.82 Å². The van der Waals surface area contributed by atoms with Crippen LogP contribution in [0, 0.1) is 11.3 Å². The molecule has 0 bridgehead atoms. The van der Waals surface area contributed by atoms with Crippen LogP contribution in [0.5, 0.6) is 0 Å². The molecule has 1 saturated heterocycles. The number of aromatic nitrogens is 2. The predicted molar refractivity (Wildman–Crippen MR) is 75.4 cm³/mol. The van der Waals surface area contributed by atoms with Gasteiger partial charge >= 0.3 is 0 Å². The summed E-state index contributed by atoms with van der Waals surface area (Å²) in [5, 5.41) is 7.68. The molecule has 0 radical (unpaired) electrons. The van der Waals surface area contributed by atoms with Gasteiger partial charge in [0.05, 0.1) is 0 Å². The smallest absolute Gasteiger partial charge is 0.158 e. The molecular weight excluding hydrogens is 238 g/mol. The first-order valence-electron chi connectivity index (χ1n) is 7.19. The Morgan fingerprint density at radius 3 is 2.74 bits per heavy atom. The van der Waals surface area contributed by atoms with Gasteiger partial charge in [-0.05, 0) is 31.6 Å². The highest BCUT2D eigenvalue weighted by Gasteiger charge is 2.35. The molecule has 3 N–H and O–H groups in total. The van der Waals surface area contributed by atoms with Gasteiger partial charge in [0.1, 0.15) is 11.5 Å². The quantitative estimate of drug-likeness (QED) is 0.628. The minimum Gasteiger partial charge on any atom is -0.382 e. The number of amidine groups is 1. The summed E-state index contributed by atoms with van der Waals surface area (Å²) in [5.41, 5.74) is 6.18. The zero-order valence-electron chi connectivity index (χ0n) is 11.2. The third-order valence-electron chi connectivity index (χ3n) is 4.45. The summed E-state index contributed by atoms with van der Waals surface area (Å²) in [4.78, 5) is 11.1. The topological polar surface area (TPSA) is 78.9 Å². The Bertz CT molecular complexity index is 471. The number of nitrogens with zero attached hydrogens (tertiary/aromatic N) is 3. The van der Waals surface area contributed by atoms with Crippen molar-refractivity contribution in [2.24, 2.45) is 11.7 Å². The van der Waals surface area contributed by atoms with Crippen molar-refractivity contribution in [1.29, 1.82) is 5.41 Å². The molecule has 1 aliphatic heterocycles. The van der Waals surface area contributed by atoms with E-state index in [2.05, 4.69) is 14.9 Å². The normalized spacial score (nSPS) is 26.8. The lowest BCUT2D eigenvalue weighted by Gasteiger charge is -2.45. The molecule has 1 saturated carbocycles. The molecule has 2 fully saturated rings. The van der Waals surface area contributed by atoms with E-state index in [1.54, 1.807) is 12.4 Å². The molecule has 0 amide bonds. The van der Waals surface area contributed by atoms with Crippen molar-refractivity contribution in [3.05, 3.63) is 18.1 Å². The maximum Gasteiger partial charge on any atom is 0.158 e. The molecule has 1 aliphatic carbocycles. The van der Waals surface area contributed by atoms with Gasteiger partial charge in [-0.1, -0.05) is 12.8 Å². The first kappa shape index (κ1) is 12.4. The third kappa shape index (κ3) is 2.29. The van der Waals surface area contributed by atoms with E-state index in [0.29, 0.717) is 11.7 Å². The summed E-state index contributed by atoms with van der Waals surface area (Å²) in [6.07, 6.45) is 11.1. The van der Waals surface area contributed by atoms with Crippen LogP contribution < -0.4 is 10.6 Å². The van der Waals surface area contributed by atoms with E-state index >= 15 is 0 Å². The summed E-state index contributed by atoms with van der Waals surface area (Å²) >= 11 is 0. The standard InChI is InChI=1S/C14H21N5/c15-13(16)12-14(18-8-7-17-12)19-9-3-5-10-4-1-2-6-11(10)19/h7-8,10-11H,1-6,9H2,(H3,15,16). The fourth-order valence-electron chi connectivity index (χ4n) is 3.62. The number of rotatable bonds is 2. The molecule has 19 heavy (non-hydrogen) atoms. The average molecular weight is 259 g/mol. The number of fused-ring (bicyclic) bond motifs is 1. The molecule has 0 spiro atoms. The summed E-state index contributed by atoms with van der Waals surface area (Å²) in [6.45, 7) is 1.01. The maximum atomic E-state index is 7.68. The third-order valence-corrected chi connectivity index (χ3v) is 4.45. The van der Waals surface area contributed by atoms with Gasteiger partial charge in [-0.3, -0.25) is 5.41 Å². The molecule has 1 aromatic rings. The molecule has 0 aromatic carbocycles. The SMILES string of the molecule is N=C(N)c1nccnc1N1CCCC2CCCCC21. The summed E-state index contributed by atoms with van der Waals surface area (Å²) in [6, 6.07) is 0.567. The zero-order chi connectivity index (χ0) is 13.2. The van der Waals surface area contributed by atoms with Gasteiger partial charge in [0.2, 0.25) is 0 Å². The Morgan fingerprint density at radius 2 is 1.89 bits per heavy atom. The Labute approximate surface area is 113 Å². The molecule has 5 heteroatoms. The maximum absolute atomic E-state index is 7.68. The number of nitrogens with one attached hydrogen (secondary N) is 1. The van der Waals surface area contributed by atoms with Crippen LogP contribution in [0.4, 0.5) is 5.82 Å². The molecule has 5 nitrogen and oxygen atoms in total. The van der Waals surface area contributed by atoms with Gasteiger partial charge in [-0.2, -0.15) is 0 Å². The van der Waals surface area contributed by atoms with Crippen molar-refractivity contribution in [3.63, 3.8) is 0 Å². The van der Waals surface area contributed by atoms with Crippen LogP contribution in [-0.2, 0) is 0 Å². The van der Waals surface area contributed by atoms with Crippen LogP contribution in [0.25, 0.3) is 0 Å². The first-order chi connectivity index (χ1) is 9.27. The van der Waals surface area contributed by atoms with E-state index in [9.17, 15) is 0 Å². The number of nitrogens with two attached hydrogens (primary N) is 1. The second kappa shape index (κ2) is 5.15. The minimum absolute atomic E-state index is 0.0148. The van der Waals surface area contributed by atoms with Crippen LogP contribution in [0.15, 0.2) is 12.4 Å². The number of nitrogen functional groups attached to an aromatic ring is 1. The number of hydrogen-bond donors (Lipinski definition) is 2. The molecule has 3 rings (SSSR count). The minimum atomic E-state index is 0.0148. The first-order valence-corrected chi connectivity index (χ1v) is 7.19. The summed E-state index contributed by atoms with van der Waals surface area (Å²) in [5.74, 6) is 1.61. The Morgan fingerprint density at radius 1 is 1.16 bits per heavy atom. The number of piperidine rings is 1. The molecular formula is C14H21N5. The van der Waals surface area contributed by atoms with Gasteiger partial charge < -0.3 is 10.6 Å². The van der Waals surface area contributed by atoms with Crippen molar-refractivity contribution in [2.45, 2.75) is 44.6 Å². The second-order valence-electron chi connectivity index (χ2n) is 5.59. The highest BCUT2D eigenvalue weighted by molar-refractivity contribution is 5.97. The zero-order valence-corrected chi connectivity index (χ0v) is 11.2. The Balaban J connectivity index is 1.94. The van der Waals surface area contributed by atoms with Crippen LogP contribution in [0.2, 0.25) is 0 Å². The predicted octanol–water partition coefficient (Wildman–Crippen LogP) is 1.92. The molecule has 102 valence electrons. The number of anilines is 1. The van der Waals surface area contributed by atoms with E-state index in [-0.39, 0.29) is 5.84 Å². The van der Waals surface area contributed by atoms with Crippen LogP contribution in [-0.4, -0.2) is 28.4 Å². The molecule has 2 unspecified atom stereocenters. The lowest BCUT2D eigenvalue weighted by Crippen LogP contribution is -2.48. The van der Waals surface area contributed by atoms with Crippen LogP contribution >= 0.6 is 0 Å². The fraction of sp³-hybridized carbons (Fsp3) is 0.643. The van der Waals surface area contributed by atoms with E-state index in [0.717, 1.165) is 18.3 Å². The van der Waals surface area contributed by atoms with Crippen molar-refractivity contribution in [3.8, 4) is 0 Å². The highest BCUT2D eigenvalue weighted by atomic mass is 15.2. The van der Waals surface area contributed by atoms with E-state index in [1.165, 1.54) is 38.5 Å². The van der Waals surface area contributed by atoms with Crippen molar-refractivity contribution in [2.75, 3.05) is 11.4 Å². The van der Waals surface area contributed by atoms with Crippen LogP contribution in [0.3, 0.4) is 0 Å². The van der Waals surface area contributed by atoms with E-state index in [1.807, 2.05) is 0 Å². The van der Waals surface area contributed by atoms with Crippen molar-refractivity contribution < 1.29 is 0 Å². The highest BCUT2D eigenvalue weighted by Crippen LogP contribution is 2.37. The Hall–Kier alpha value is -1.65. The largest absolute Gasteiger partial charge is 0.382 e. The lowest BCUT2D eigenvalue weighted by molar-refractivity contribution is 0.242. The van der Waals surface area contributed by atoms with Gasteiger partial charge in [-0.15, -0.1) is 0 Å². The van der Waals surface area contributed by atoms with Gasteiger partial charge in [-0.25, -0.2) is 9.97 Å². The fourth-order valence-corrected chi connectivity index (χ4v) is 3.62. The van der Waals surface area contributed by atoms with Crippen molar-refractivity contribution in [1.82, 2.24) is 9.97 Å². The molecule has 1 aromatic heterocycles. The van der Waals surface area contributed by atoms with Gasteiger partial charge in [0, 0.05) is 25.0 Å². The monoisotopic (exact) mass is 259 g/mol.